The molecule has 3 N–H and O–H groups in total. The molecule has 0 amide bonds. The van der Waals surface area contributed by atoms with Crippen LogP contribution in [0.4, 0.5) is 5.82 Å². The Hall–Kier alpha value is -3.61. The van der Waals surface area contributed by atoms with Gasteiger partial charge in [0.15, 0.2) is 0 Å². The van der Waals surface area contributed by atoms with Gasteiger partial charge in [0.25, 0.3) is 0 Å². The number of H-pyrrole nitrogens is 1. The molecule has 0 saturated heterocycles. The predicted octanol–water partition coefficient (Wildman–Crippen LogP) is 4.06. The van der Waals surface area contributed by atoms with Crippen molar-refractivity contribution in [3.8, 4) is 34.0 Å². The van der Waals surface area contributed by atoms with E-state index in [1.165, 1.54) is 0 Å². The molecule has 4 rings (SSSR count). The summed E-state index contributed by atoms with van der Waals surface area (Å²) in [4.78, 5) is 16.2. The molecule has 0 saturated carbocycles. The Kier molecular flexibility index (Phi) is 4.57. The highest BCUT2D eigenvalue weighted by molar-refractivity contribution is 5.96. The second-order valence-electron chi connectivity index (χ2n) is 6.69. The van der Waals surface area contributed by atoms with Crippen molar-refractivity contribution in [3.05, 3.63) is 48.9 Å². The first-order valence-electron chi connectivity index (χ1n) is 8.95. The smallest absolute Gasteiger partial charge is 0.216 e. The van der Waals surface area contributed by atoms with Crippen molar-refractivity contribution < 1.29 is 9.47 Å². The van der Waals surface area contributed by atoms with Crippen molar-refractivity contribution in [1.29, 1.82) is 0 Å². The molecule has 0 aliphatic rings. The minimum atomic E-state index is 0.0145. The third kappa shape index (κ3) is 3.46. The van der Waals surface area contributed by atoms with Crippen molar-refractivity contribution in [3.63, 3.8) is 0 Å². The van der Waals surface area contributed by atoms with Crippen LogP contribution in [0.1, 0.15) is 13.8 Å². The van der Waals surface area contributed by atoms with Crippen molar-refractivity contribution in [1.82, 2.24) is 19.9 Å². The summed E-state index contributed by atoms with van der Waals surface area (Å²) in [5.41, 5.74) is 10.6. The van der Waals surface area contributed by atoms with Crippen LogP contribution in [-0.4, -0.2) is 33.1 Å². The maximum atomic E-state index is 5.98. The van der Waals surface area contributed by atoms with Gasteiger partial charge in [-0.15, -0.1) is 0 Å². The van der Waals surface area contributed by atoms with E-state index >= 15 is 0 Å². The number of hydrogen-bond acceptors (Lipinski definition) is 6. The number of ether oxygens (including phenoxy) is 2. The number of rotatable bonds is 5. The summed E-state index contributed by atoms with van der Waals surface area (Å²) in [7, 11) is 1.60. The Morgan fingerprint density at radius 2 is 1.82 bits per heavy atom. The van der Waals surface area contributed by atoms with E-state index in [1.807, 2.05) is 50.5 Å². The van der Waals surface area contributed by atoms with Crippen LogP contribution in [0.3, 0.4) is 0 Å². The quantitative estimate of drug-likeness (QED) is 0.546. The normalized spacial score (nSPS) is 11.1. The molecule has 4 aromatic heterocycles. The van der Waals surface area contributed by atoms with E-state index in [2.05, 4.69) is 26.0 Å². The lowest BCUT2D eigenvalue weighted by Gasteiger charge is -2.11. The summed E-state index contributed by atoms with van der Waals surface area (Å²) < 4.78 is 11.0. The lowest BCUT2D eigenvalue weighted by Crippen LogP contribution is -2.07. The topological polar surface area (TPSA) is 98.9 Å². The van der Waals surface area contributed by atoms with Crippen LogP contribution in [0.2, 0.25) is 0 Å². The third-order valence-electron chi connectivity index (χ3n) is 4.30. The number of nitrogens with one attached hydrogen (secondary N) is 1. The van der Waals surface area contributed by atoms with Crippen LogP contribution in [0.25, 0.3) is 33.3 Å². The molecule has 0 aliphatic heterocycles. The van der Waals surface area contributed by atoms with E-state index in [1.54, 1.807) is 13.3 Å². The molecule has 0 fully saturated rings. The molecule has 7 heteroatoms. The van der Waals surface area contributed by atoms with E-state index in [0.717, 1.165) is 33.3 Å². The van der Waals surface area contributed by atoms with Gasteiger partial charge in [-0.1, -0.05) is 0 Å². The van der Waals surface area contributed by atoms with Gasteiger partial charge in [-0.05, 0) is 43.2 Å². The molecule has 0 spiro atoms. The number of methoxy groups -OCH3 is 1. The van der Waals surface area contributed by atoms with Crippen LogP contribution in [0.15, 0.2) is 48.9 Å². The number of nitrogens with zero attached hydrogens (tertiary/aromatic N) is 3. The molecule has 142 valence electrons. The van der Waals surface area contributed by atoms with Gasteiger partial charge < -0.3 is 20.2 Å². The number of fused-ring (bicyclic) bond motifs is 1. The largest absolute Gasteiger partial charge is 0.481 e. The van der Waals surface area contributed by atoms with Gasteiger partial charge in [-0.3, -0.25) is 0 Å². The number of nitrogen functional groups attached to an aromatic ring is 1. The number of aromatic nitrogens is 4. The number of aromatic amines is 1. The monoisotopic (exact) mass is 375 g/mol. The van der Waals surface area contributed by atoms with Crippen LogP contribution in [0.5, 0.6) is 11.8 Å². The molecule has 0 atom stereocenters. The number of nitrogens with two attached hydrogens (primary N) is 1. The lowest BCUT2D eigenvalue weighted by atomic mass is 10.0. The number of anilines is 1. The molecule has 4 heterocycles. The molecule has 28 heavy (non-hydrogen) atoms. The Labute approximate surface area is 162 Å². The highest BCUT2D eigenvalue weighted by Gasteiger charge is 2.12. The molecular weight excluding hydrogens is 354 g/mol. The summed E-state index contributed by atoms with van der Waals surface area (Å²) in [6, 6.07) is 9.61. The van der Waals surface area contributed by atoms with Gasteiger partial charge in [0, 0.05) is 47.2 Å². The molecule has 0 radical (unpaired) electrons. The van der Waals surface area contributed by atoms with E-state index in [4.69, 9.17) is 15.2 Å². The van der Waals surface area contributed by atoms with Crippen molar-refractivity contribution in [2.24, 2.45) is 0 Å². The first-order chi connectivity index (χ1) is 13.5. The Morgan fingerprint density at radius 1 is 1.00 bits per heavy atom. The first kappa shape index (κ1) is 17.8. The minimum absolute atomic E-state index is 0.0145. The van der Waals surface area contributed by atoms with Gasteiger partial charge in [0.05, 0.1) is 13.2 Å². The SMILES string of the molecule is COc1cc(-c2c[nH]c3ncc(-c4cc(N)nc(OC(C)C)c4)cc23)ccn1. The highest BCUT2D eigenvalue weighted by atomic mass is 16.5. The van der Waals surface area contributed by atoms with Crippen LogP contribution >= 0.6 is 0 Å². The lowest BCUT2D eigenvalue weighted by molar-refractivity contribution is 0.233. The number of pyridine rings is 3. The van der Waals surface area contributed by atoms with E-state index in [-0.39, 0.29) is 6.10 Å². The average Bonchev–Trinajstić information content (AvgIpc) is 3.10. The standard InChI is InChI=1S/C21H21N5O2/c1-12(2)28-20-9-14(7-18(22)26-20)15-6-16-17(11-25-21(16)24-10-15)13-4-5-23-19(8-13)27-3/h4-12H,1-3H3,(H2,22,26)(H,24,25). The van der Waals surface area contributed by atoms with Gasteiger partial charge in [-0.25, -0.2) is 9.97 Å². The fourth-order valence-electron chi connectivity index (χ4n) is 3.08. The van der Waals surface area contributed by atoms with Crippen LogP contribution in [-0.2, 0) is 0 Å². The average molecular weight is 375 g/mol. The van der Waals surface area contributed by atoms with Crippen LogP contribution < -0.4 is 15.2 Å². The molecular formula is C21H21N5O2. The van der Waals surface area contributed by atoms with Crippen molar-refractivity contribution in [2.45, 2.75) is 20.0 Å². The number of hydrogen-bond donors (Lipinski definition) is 2. The highest BCUT2D eigenvalue weighted by Crippen LogP contribution is 2.33. The molecule has 7 nitrogen and oxygen atoms in total. The summed E-state index contributed by atoms with van der Waals surface area (Å²) in [6.07, 6.45) is 5.48. The molecule has 0 aliphatic carbocycles. The van der Waals surface area contributed by atoms with E-state index in [9.17, 15) is 0 Å². The van der Waals surface area contributed by atoms with Gasteiger partial charge in [0.1, 0.15) is 11.5 Å². The molecule has 0 unspecified atom stereocenters. The summed E-state index contributed by atoms with van der Waals surface area (Å²) in [6.45, 7) is 3.90. The molecule has 4 aromatic rings. The first-order valence-corrected chi connectivity index (χ1v) is 8.95. The Balaban J connectivity index is 1.81. The fraction of sp³-hybridized carbons (Fsp3) is 0.190. The zero-order valence-electron chi connectivity index (χ0n) is 15.9. The van der Waals surface area contributed by atoms with Gasteiger partial charge in [0.2, 0.25) is 11.8 Å². The molecule has 0 bridgehead atoms. The molecule has 0 aromatic carbocycles. The van der Waals surface area contributed by atoms with Crippen molar-refractivity contribution in [2.75, 3.05) is 12.8 Å². The fourth-order valence-corrected chi connectivity index (χ4v) is 3.08. The maximum Gasteiger partial charge on any atom is 0.216 e. The summed E-state index contributed by atoms with van der Waals surface area (Å²) in [5, 5.41) is 0.993. The van der Waals surface area contributed by atoms with E-state index < -0.39 is 0 Å². The Bertz CT molecular complexity index is 1140. The minimum Gasteiger partial charge on any atom is -0.481 e. The zero-order chi connectivity index (χ0) is 19.7. The van der Waals surface area contributed by atoms with E-state index in [0.29, 0.717) is 17.6 Å². The second kappa shape index (κ2) is 7.19. The van der Waals surface area contributed by atoms with Crippen molar-refractivity contribution >= 4 is 16.9 Å². The third-order valence-corrected chi connectivity index (χ3v) is 4.30. The summed E-state index contributed by atoms with van der Waals surface area (Å²) >= 11 is 0. The second-order valence-corrected chi connectivity index (χ2v) is 6.69. The van der Waals surface area contributed by atoms with Gasteiger partial charge in [-0.2, -0.15) is 4.98 Å². The summed E-state index contributed by atoms with van der Waals surface area (Å²) in [5.74, 6) is 1.47. The van der Waals surface area contributed by atoms with Gasteiger partial charge >= 0.3 is 0 Å². The maximum absolute atomic E-state index is 5.98. The Morgan fingerprint density at radius 3 is 2.61 bits per heavy atom. The predicted molar refractivity (Wildman–Crippen MR) is 109 cm³/mol. The van der Waals surface area contributed by atoms with Crippen LogP contribution in [0, 0.1) is 0 Å². The zero-order valence-corrected chi connectivity index (χ0v) is 15.9.